The van der Waals surface area contributed by atoms with Crippen molar-refractivity contribution >= 4 is 41.1 Å². The zero-order valence-corrected chi connectivity index (χ0v) is 13.3. The molecule has 1 aliphatic rings. The van der Waals surface area contributed by atoms with Crippen LogP contribution in [0.2, 0.25) is 0 Å². The van der Waals surface area contributed by atoms with Crippen molar-refractivity contribution in [1.29, 1.82) is 0 Å². The lowest BCUT2D eigenvalue weighted by atomic mass is 10.0. The number of carbonyl (C=O) groups is 3. The fourth-order valence-corrected chi connectivity index (χ4v) is 3.17. The molecule has 3 N–H and O–H groups in total. The number of aliphatic imine (C=N–C) groups is 1. The van der Waals surface area contributed by atoms with Crippen molar-refractivity contribution in [3.05, 3.63) is 15.8 Å². The number of hydrogen-bond acceptors (Lipinski definition) is 6. The van der Waals surface area contributed by atoms with Crippen LogP contribution in [0, 0.1) is 6.92 Å². The summed E-state index contributed by atoms with van der Waals surface area (Å²) in [5, 5.41) is 4.19. The van der Waals surface area contributed by atoms with Gasteiger partial charge in [0, 0.05) is 17.8 Å². The Kier molecular flexibility index (Phi) is 5.04. The third-order valence-electron chi connectivity index (χ3n) is 3.51. The summed E-state index contributed by atoms with van der Waals surface area (Å²) in [5.41, 5.74) is 7.40. The Balaban J connectivity index is 2.28. The molecule has 0 radical (unpaired) electrons. The molecule has 22 heavy (non-hydrogen) atoms. The second kappa shape index (κ2) is 6.80. The molecule has 7 nitrogen and oxygen atoms in total. The van der Waals surface area contributed by atoms with Crippen LogP contribution in [0.5, 0.6) is 0 Å². The highest BCUT2D eigenvalue weighted by atomic mass is 32.1. The number of amidine groups is 1. The van der Waals surface area contributed by atoms with E-state index < -0.39 is 11.9 Å². The molecule has 1 unspecified atom stereocenters. The van der Waals surface area contributed by atoms with Gasteiger partial charge in [-0.25, -0.2) is 4.99 Å². The lowest BCUT2D eigenvalue weighted by molar-refractivity contribution is -0.138. The monoisotopic (exact) mass is 322 g/mol. The normalized spacial score (nSPS) is 19.0. The van der Waals surface area contributed by atoms with Gasteiger partial charge in [-0.3, -0.25) is 24.6 Å². The fourth-order valence-electron chi connectivity index (χ4n) is 2.33. The number of rotatable bonds is 4. The number of amides is 3. The summed E-state index contributed by atoms with van der Waals surface area (Å²) >= 11 is 1.51. The number of thiophene rings is 1. The molecule has 8 heteroatoms. The molecule has 1 aromatic heterocycles. The highest BCUT2D eigenvalue weighted by Crippen LogP contribution is 2.30. The van der Waals surface area contributed by atoms with E-state index in [0.717, 1.165) is 16.1 Å². The molecule has 1 atom stereocenters. The van der Waals surface area contributed by atoms with Gasteiger partial charge in [-0.1, -0.05) is 0 Å². The quantitative estimate of drug-likeness (QED) is 0.371. The first-order valence-corrected chi connectivity index (χ1v) is 7.75. The van der Waals surface area contributed by atoms with Gasteiger partial charge in [-0.15, -0.1) is 11.3 Å². The second-order valence-electron chi connectivity index (χ2n) is 5.03. The average Bonchev–Trinajstić information content (AvgIpc) is 2.82. The highest BCUT2D eigenvalue weighted by molar-refractivity contribution is 7.10. The van der Waals surface area contributed by atoms with Crippen LogP contribution >= 0.6 is 11.3 Å². The van der Waals surface area contributed by atoms with Gasteiger partial charge >= 0.3 is 0 Å². The first-order valence-electron chi connectivity index (χ1n) is 6.87. The molecule has 1 aromatic rings. The molecule has 2 rings (SSSR count). The predicted octanol–water partition coefficient (Wildman–Crippen LogP) is 0.829. The zero-order valence-electron chi connectivity index (χ0n) is 12.5. The fraction of sp³-hybridized carbons (Fsp3) is 0.429. The number of piperidine rings is 1. The summed E-state index contributed by atoms with van der Waals surface area (Å²) in [6.45, 7) is 3.94. The molecule has 0 spiro atoms. The standard InChI is InChI=1S/C14H18N4O3S/c1-8-6-22-11(5-15)13(8)16-9(2)18(7-19)10-3-4-12(20)17-14(10)21/h6-7,10H,3-5,15H2,1-2H3,(H,17,20,21). The van der Waals surface area contributed by atoms with Crippen LogP contribution in [0.25, 0.3) is 0 Å². The van der Waals surface area contributed by atoms with E-state index in [1.165, 1.54) is 16.2 Å². The summed E-state index contributed by atoms with van der Waals surface area (Å²) in [7, 11) is 0. The van der Waals surface area contributed by atoms with Crippen molar-refractivity contribution < 1.29 is 14.4 Å². The van der Waals surface area contributed by atoms with E-state index in [-0.39, 0.29) is 12.3 Å². The number of carbonyl (C=O) groups excluding carboxylic acids is 3. The molecule has 1 saturated heterocycles. The SMILES string of the molecule is CC(=Nc1c(C)csc1CN)N(C=O)C1CCC(=O)NC1=O. The van der Waals surface area contributed by atoms with E-state index in [2.05, 4.69) is 10.3 Å². The van der Waals surface area contributed by atoms with Crippen LogP contribution in [-0.4, -0.2) is 35.0 Å². The minimum atomic E-state index is -0.709. The number of imide groups is 1. The van der Waals surface area contributed by atoms with E-state index in [9.17, 15) is 14.4 Å². The van der Waals surface area contributed by atoms with E-state index in [1.54, 1.807) is 6.92 Å². The van der Waals surface area contributed by atoms with E-state index >= 15 is 0 Å². The molecular weight excluding hydrogens is 304 g/mol. The predicted molar refractivity (Wildman–Crippen MR) is 83.8 cm³/mol. The van der Waals surface area contributed by atoms with E-state index in [1.807, 2.05) is 12.3 Å². The van der Waals surface area contributed by atoms with Crippen LogP contribution in [-0.2, 0) is 20.9 Å². The van der Waals surface area contributed by atoms with Crippen molar-refractivity contribution in [1.82, 2.24) is 10.2 Å². The van der Waals surface area contributed by atoms with Crippen molar-refractivity contribution in [3.8, 4) is 0 Å². The Hall–Kier alpha value is -2.06. The third kappa shape index (κ3) is 3.23. The number of hydrogen-bond donors (Lipinski definition) is 2. The van der Waals surface area contributed by atoms with Gasteiger partial charge in [0.15, 0.2) is 0 Å². The minimum absolute atomic E-state index is 0.208. The van der Waals surface area contributed by atoms with Crippen molar-refractivity contribution in [2.45, 2.75) is 39.3 Å². The van der Waals surface area contributed by atoms with Gasteiger partial charge in [-0.2, -0.15) is 0 Å². The Morgan fingerprint density at radius 1 is 1.59 bits per heavy atom. The Bertz CT molecular complexity index is 638. The van der Waals surface area contributed by atoms with Gasteiger partial charge in [0.1, 0.15) is 11.9 Å². The molecule has 2 heterocycles. The van der Waals surface area contributed by atoms with Crippen molar-refractivity contribution in [2.24, 2.45) is 10.7 Å². The summed E-state index contributed by atoms with van der Waals surface area (Å²) in [5.74, 6) is -0.388. The second-order valence-corrected chi connectivity index (χ2v) is 6.00. The largest absolute Gasteiger partial charge is 0.326 e. The molecule has 0 aliphatic carbocycles. The Labute approximate surface area is 132 Å². The summed E-state index contributed by atoms with van der Waals surface area (Å²) in [4.78, 5) is 41.1. The lowest BCUT2D eigenvalue weighted by Crippen LogP contribution is -2.53. The molecule has 118 valence electrons. The maximum Gasteiger partial charge on any atom is 0.249 e. The smallest absolute Gasteiger partial charge is 0.249 e. The van der Waals surface area contributed by atoms with Crippen molar-refractivity contribution in [3.63, 3.8) is 0 Å². The lowest BCUT2D eigenvalue weighted by Gasteiger charge is -2.29. The molecule has 3 amide bonds. The summed E-state index contributed by atoms with van der Waals surface area (Å²) in [6, 6.07) is -0.709. The van der Waals surface area contributed by atoms with Gasteiger partial charge in [0.25, 0.3) is 0 Å². The van der Waals surface area contributed by atoms with Crippen LogP contribution in [0.4, 0.5) is 5.69 Å². The molecule has 1 fully saturated rings. The number of nitrogens with two attached hydrogens (primary N) is 1. The number of aryl methyl sites for hydroxylation is 1. The highest BCUT2D eigenvalue weighted by Gasteiger charge is 2.32. The average molecular weight is 322 g/mol. The number of nitrogens with zero attached hydrogens (tertiary/aromatic N) is 2. The molecular formula is C14H18N4O3S. The Morgan fingerprint density at radius 2 is 2.32 bits per heavy atom. The first kappa shape index (κ1) is 16.3. The molecule has 0 bridgehead atoms. The van der Waals surface area contributed by atoms with Crippen LogP contribution in [0.1, 0.15) is 30.2 Å². The van der Waals surface area contributed by atoms with Gasteiger partial charge in [0.2, 0.25) is 18.2 Å². The van der Waals surface area contributed by atoms with E-state index in [4.69, 9.17) is 5.73 Å². The topological polar surface area (TPSA) is 105 Å². The minimum Gasteiger partial charge on any atom is -0.326 e. The Morgan fingerprint density at radius 3 is 2.91 bits per heavy atom. The maximum atomic E-state index is 11.9. The van der Waals surface area contributed by atoms with Gasteiger partial charge in [-0.05, 0) is 31.2 Å². The first-order chi connectivity index (χ1) is 10.5. The maximum absolute atomic E-state index is 11.9. The molecule has 1 aliphatic heterocycles. The van der Waals surface area contributed by atoms with E-state index in [0.29, 0.717) is 25.2 Å². The summed E-state index contributed by atoms with van der Waals surface area (Å²) in [6.07, 6.45) is 1.07. The summed E-state index contributed by atoms with van der Waals surface area (Å²) < 4.78 is 0. The third-order valence-corrected chi connectivity index (χ3v) is 4.62. The van der Waals surface area contributed by atoms with Crippen molar-refractivity contribution in [2.75, 3.05) is 0 Å². The van der Waals surface area contributed by atoms with Gasteiger partial charge in [0.05, 0.1) is 5.69 Å². The van der Waals surface area contributed by atoms with Crippen LogP contribution in [0.15, 0.2) is 10.4 Å². The van der Waals surface area contributed by atoms with Gasteiger partial charge < -0.3 is 5.73 Å². The van der Waals surface area contributed by atoms with Crippen LogP contribution < -0.4 is 11.1 Å². The molecule has 0 aromatic carbocycles. The zero-order chi connectivity index (χ0) is 16.3. The number of nitrogens with one attached hydrogen (secondary N) is 1. The molecule has 0 saturated carbocycles. The van der Waals surface area contributed by atoms with Crippen LogP contribution in [0.3, 0.4) is 0 Å².